The van der Waals surface area contributed by atoms with E-state index in [0.717, 1.165) is 35.3 Å². The van der Waals surface area contributed by atoms with Gasteiger partial charge in [-0.3, -0.25) is 9.36 Å². The summed E-state index contributed by atoms with van der Waals surface area (Å²) in [5.74, 6) is 0.415. The van der Waals surface area contributed by atoms with Gasteiger partial charge in [0.15, 0.2) is 0 Å². The van der Waals surface area contributed by atoms with Gasteiger partial charge in [0.25, 0.3) is 5.56 Å². The zero-order chi connectivity index (χ0) is 14.7. The molecule has 0 aliphatic carbocycles. The molecule has 2 aromatic heterocycles. The number of hydrogen-bond donors (Lipinski definition) is 1. The van der Waals surface area contributed by atoms with Gasteiger partial charge in [0.05, 0.1) is 11.7 Å². The lowest BCUT2D eigenvalue weighted by Crippen LogP contribution is -2.29. The van der Waals surface area contributed by atoms with Gasteiger partial charge in [0.2, 0.25) is 0 Å². The highest BCUT2D eigenvalue weighted by Gasteiger charge is 2.13. The van der Waals surface area contributed by atoms with Crippen molar-refractivity contribution < 1.29 is 0 Å². The summed E-state index contributed by atoms with van der Waals surface area (Å²) in [5, 5.41) is 4.19. The summed E-state index contributed by atoms with van der Waals surface area (Å²) in [6.45, 7) is 11.0. The fourth-order valence-electron chi connectivity index (χ4n) is 2.33. The zero-order valence-corrected chi connectivity index (χ0v) is 13.5. The molecule has 0 bridgehead atoms. The van der Waals surface area contributed by atoms with Gasteiger partial charge in [-0.2, -0.15) is 0 Å². The number of aromatic nitrogens is 2. The molecule has 1 N–H and O–H groups in total. The first-order valence-corrected chi connectivity index (χ1v) is 8.02. The van der Waals surface area contributed by atoms with Crippen LogP contribution in [0.4, 0.5) is 0 Å². The second kappa shape index (κ2) is 6.50. The number of fused-ring (bicyclic) bond motifs is 1. The third-order valence-corrected chi connectivity index (χ3v) is 4.70. The van der Waals surface area contributed by atoms with Crippen LogP contribution in [0.5, 0.6) is 0 Å². The van der Waals surface area contributed by atoms with E-state index >= 15 is 0 Å². The van der Waals surface area contributed by atoms with Gasteiger partial charge in [-0.05, 0) is 44.8 Å². The number of aryl methyl sites for hydroxylation is 2. The van der Waals surface area contributed by atoms with E-state index in [4.69, 9.17) is 0 Å². The lowest BCUT2D eigenvalue weighted by molar-refractivity contribution is 0.438. The SMILES string of the molecule is CCCNCC(C)Cn1cnc2sc(C)c(C)c2c1=O. The smallest absolute Gasteiger partial charge is 0.262 e. The van der Waals surface area contributed by atoms with Gasteiger partial charge < -0.3 is 5.32 Å². The average molecular weight is 293 g/mol. The molecule has 1 unspecified atom stereocenters. The van der Waals surface area contributed by atoms with Crippen molar-refractivity contribution in [1.29, 1.82) is 0 Å². The Balaban J connectivity index is 2.21. The maximum atomic E-state index is 12.5. The van der Waals surface area contributed by atoms with Gasteiger partial charge in [-0.1, -0.05) is 13.8 Å². The van der Waals surface area contributed by atoms with E-state index in [9.17, 15) is 4.79 Å². The van der Waals surface area contributed by atoms with E-state index in [-0.39, 0.29) is 5.56 Å². The van der Waals surface area contributed by atoms with Gasteiger partial charge in [-0.25, -0.2) is 4.98 Å². The summed E-state index contributed by atoms with van der Waals surface area (Å²) in [4.78, 5) is 19.0. The lowest BCUT2D eigenvalue weighted by Gasteiger charge is -2.13. The van der Waals surface area contributed by atoms with Gasteiger partial charge >= 0.3 is 0 Å². The van der Waals surface area contributed by atoms with Crippen LogP contribution in [0.1, 0.15) is 30.7 Å². The molecule has 0 amide bonds. The fraction of sp³-hybridized carbons (Fsp3) is 0.600. The second-order valence-corrected chi connectivity index (χ2v) is 6.68. The van der Waals surface area contributed by atoms with Crippen molar-refractivity contribution in [3.63, 3.8) is 0 Å². The summed E-state index contributed by atoms with van der Waals surface area (Å²) < 4.78 is 1.75. The molecular weight excluding hydrogens is 270 g/mol. The highest BCUT2D eigenvalue weighted by molar-refractivity contribution is 7.18. The second-order valence-electron chi connectivity index (χ2n) is 5.47. The van der Waals surface area contributed by atoms with E-state index in [0.29, 0.717) is 12.5 Å². The number of hydrogen-bond acceptors (Lipinski definition) is 4. The highest BCUT2D eigenvalue weighted by atomic mass is 32.1. The van der Waals surface area contributed by atoms with Crippen molar-refractivity contribution in [2.45, 2.75) is 40.7 Å². The Morgan fingerprint density at radius 1 is 1.45 bits per heavy atom. The minimum atomic E-state index is 0.0965. The fourth-order valence-corrected chi connectivity index (χ4v) is 3.31. The summed E-state index contributed by atoms with van der Waals surface area (Å²) in [6, 6.07) is 0. The van der Waals surface area contributed by atoms with Crippen LogP contribution >= 0.6 is 11.3 Å². The molecule has 0 aliphatic heterocycles. The summed E-state index contributed by atoms with van der Waals surface area (Å²) in [6.07, 6.45) is 2.82. The molecule has 2 heterocycles. The van der Waals surface area contributed by atoms with Crippen LogP contribution in [0.3, 0.4) is 0 Å². The summed E-state index contributed by atoms with van der Waals surface area (Å²) in [5.41, 5.74) is 1.17. The number of nitrogens with zero attached hydrogens (tertiary/aromatic N) is 2. The maximum Gasteiger partial charge on any atom is 0.262 e. The molecule has 0 aliphatic rings. The molecule has 20 heavy (non-hydrogen) atoms. The lowest BCUT2D eigenvalue weighted by atomic mass is 10.1. The topological polar surface area (TPSA) is 46.9 Å². The molecule has 2 aromatic rings. The van der Waals surface area contributed by atoms with Crippen LogP contribution in [0.15, 0.2) is 11.1 Å². The van der Waals surface area contributed by atoms with Crippen LogP contribution in [0.2, 0.25) is 0 Å². The Labute approximate surface area is 123 Å². The van der Waals surface area contributed by atoms with Crippen molar-refractivity contribution >= 4 is 21.6 Å². The van der Waals surface area contributed by atoms with Crippen molar-refractivity contribution in [3.05, 3.63) is 27.1 Å². The normalized spacial score (nSPS) is 13.0. The van der Waals surface area contributed by atoms with E-state index in [1.165, 1.54) is 4.88 Å². The first-order chi connectivity index (χ1) is 9.54. The van der Waals surface area contributed by atoms with Crippen LogP contribution < -0.4 is 10.9 Å². The molecule has 0 aromatic carbocycles. The molecule has 0 fully saturated rings. The zero-order valence-electron chi connectivity index (χ0n) is 12.7. The molecule has 110 valence electrons. The minimum absolute atomic E-state index is 0.0965. The summed E-state index contributed by atoms with van der Waals surface area (Å²) in [7, 11) is 0. The average Bonchev–Trinajstić information content (AvgIpc) is 2.70. The Morgan fingerprint density at radius 3 is 2.90 bits per heavy atom. The van der Waals surface area contributed by atoms with Gasteiger partial charge in [-0.15, -0.1) is 11.3 Å². The third kappa shape index (κ3) is 3.10. The standard InChI is InChI=1S/C15H23N3OS/c1-5-6-16-7-10(2)8-18-9-17-14-13(15(18)19)11(3)12(4)20-14/h9-10,16H,5-8H2,1-4H3. The predicted octanol–water partition coefficient (Wildman–Crippen LogP) is 2.71. The molecule has 2 rings (SSSR count). The first-order valence-electron chi connectivity index (χ1n) is 7.20. The molecule has 0 saturated heterocycles. The predicted molar refractivity (Wildman–Crippen MR) is 85.7 cm³/mol. The quantitative estimate of drug-likeness (QED) is 0.833. The Kier molecular flexibility index (Phi) is 4.94. The molecule has 0 saturated carbocycles. The number of thiophene rings is 1. The number of nitrogens with one attached hydrogen (secondary N) is 1. The number of rotatable bonds is 6. The highest BCUT2D eigenvalue weighted by Crippen LogP contribution is 2.25. The van der Waals surface area contributed by atoms with E-state index in [2.05, 4.69) is 24.1 Å². The largest absolute Gasteiger partial charge is 0.316 e. The Hall–Kier alpha value is -1.20. The van der Waals surface area contributed by atoms with Crippen molar-refractivity contribution in [1.82, 2.24) is 14.9 Å². The first kappa shape index (κ1) is 15.2. The van der Waals surface area contributed by atoms with Crippen LogP contribution in [-0.2, 0) is 6.54 Å². The van der Waals surface area contributed by atoms with Crippen molar-refractivity contribution in [2.75, 3.05) is 13.1 Å². The Morgan fingerprint density at radius 2 is 2.20 bits per heavy atom. The molecule has 1 atom stereocenters. The minimum Gasteiger partial charge on any atom is -0.316 e. The van der Waals surface area contributed by atoms with Crippen LogP contribution in [0, 0.1) is 19.8 Å². The van der Waals surface area contributed by atoms with Gasteiger partial charge in [0, 0.05) is 11.4 Å². The van der Waals surface area contributed by atoms with E-state index < -0.39 is 0 Å². The third-order valence-electron chi connectivity index (χ3n) is 3.58. The van der Waals surface area contributed by atoms with Crippen molar-refractivity contribution in [2.24, 2.45) is 5.92 Å². The monoisotopic (exact) mass is 293 g/mol. The molecule has 0 spiro atoms. The van der Waals surface area contributed by atoms with E-state index in [1.807, 2.05) is 13.8 Å². The maximum absolute atomic E-state index is 12.5. The van der Waals surface area contributed by atoms with E-state index in [1.54, 1.807) is 22.2 Å². The van der Waals surface area contributed by atoms with Crippen LogP contribution in [0.25, 0.3) is 10.2 Å². The molecule has 0 radical (unpaired) electrons. The summed E-state index contributed by atoms with van der Waals surface area (Å²) >= 11 is 1.60. The molecular formula is C15H23N3OS. The molecule has 4 nitrogen and oxygen atoms in total. The van der Waals surface area contributed by atoms with Crippen LogP contribution in [-0.4, -0.2) is 22.6 Å². The van der Waals surface area contributed by atoms with Crippen molar-refractivity contribution in [3.8, 4) is 0 Å². The molecule has 5 heteroatoms. The Bertz CT molecular complexity index is 644. The van der Waals surface area contributed by atoms with Gasteiger partial charge in [0.1, 0.15) is 4.83 Å².